The van der Waals surface area contributed by atoms with E-state index < -0.39 is 0 Å². The molecule has 0 saturated heterocycles. The van der Waals surface area contributed by atoms with Gasteiger partial charge in [0.05, 0.1) is 5.69 Å². The van der Waals surface area contributed by atoms with Crippen LogP contribution in [-0.2, 0) is 6.42 Å². The third-order valence-corrected chi connectivity index (χ3v) is 3.97. The Balaban J connectivity index is 1.61. The van der Waals surface area contributed by atoms with Crippen molar-refractivity contribution >= 4 is 5.69 Å². The molecule has 2 nitrogen and oxygen atoms in total. The number of hydrogen-bond acceptors (Lipinski definition) is 2. The molecule has 2 N–H and O–H groups in total. The fourth-order valence-corrected chi connectivity index (χ4v) is 2.62. The van der Waals surface area contributed by atoms with E-state index in [1.54, 1.807) is 6.07 Å². The van der Waals surface area contributed by atoms with Crippen LogP contribution in [0.25, 0.3) is 0 Å². The summed E-state index contributed by atoms with van der Waals surface area (Å²) >= 11 is 0. The van der Waals surface area contributed by atoms with Crippen molar-refractivity contribution in [1.29, 1.82) is 0 Å². The molecule has 17 heavy (non-hydrogen) atoms. The molecule has 1 saturated carbocycles. The summed E-state index contributed by atoms with van der Waals surface area (Å²) in [4.78, 5) is 0. The molecule has 1 heterocycles. The van der Waals surface area contributed by atoms with Crippen LogP contribution < -0.4 is 10.6 Å². The molecule has 3 heteroatoms. The molecule has 0 spiro atoms. The second-order valence-corrected chi connectivity index (χ2v) is 5.19. The topological polar surface area (TPSA) is 24.1 Å². The summed E-state index contributed by atoms with van der Waals surface area (Å²) < 4.78 is 13.6. The number of nitrogens with one attached hydrogen (secondary N) is 2. The zero-order valence-corrected chi connectivity index (χ0v) is 10.0. The summed E-state index contributed by atoms with van der Waals surface area (Å²) in [6.45, 7) is 0.957. The van der Waals surface area contributed by atoms with E-state index in [0.717, 1.165) is 30.6 Å². The lowest BCUT2D eigenvalue weighted by atomic mass is 9.92. The molecule has 3 rings (SSSR count). The van der Waals surface area contributed by atoms with Crippen LogP contribution in [0, 0.1) is 5.82 Å². The minimum atomic E-state index is -0.115. The molecule has 0 bridgehead atoms. The molecular formula is C14H19FN2. The van der Waals surface area contributed by atoms with Gasteiger partial charge in [-0.3, -0.25) is 0 Å². The van der Waals surface area contributed by atoms with Crippen molar-refractivity contribution in [3.05, 3.63) is 29.6 Å². The molecule has 1 aromatic rings. The lowest BCUT2D eigenvalue weighted by Gasteiger charge is -2.32. The van der Waals surface area contributed by atoms with E-state index in [2.05, 4.69) is 10.6 Å². The molecule has 1 atom stereocenters. The summed E-state index contributed by atoms with van der Waals surface area (Å²) in [5, 5.41) is 6.89. The van der Waals surface area contributed by atoms with Crippen LogP contribution in [0.1, 0.15) is 31.2 Å². The van der Waals surface area contributed by atoms with Crippen molar-refractivity contribution in [2.24, 2.45) is 0 Å². The van der Waals surface area contributed by atoms with Gasteiger partial charge in [0, 0.05) is 18.6 Å². The number of hydrogen-bond donors (Lipinski definition) is 2. The zero-order valence-electron chi connectivity index (χ0n) is 10.0. The molecule has 2 aliphatic rings. The summed E-state index contributed by atoms with van der Waals surface area (Å²) in [5.74, 6) is -0.115. The molecule has 1 aliphatic carbocycles. The standard InChI is InChI=1S/C14H19FN2/c15-13-6-1-3-10-7-8-12(17-14(10)13)9-16-11-4-2-5-11/h1,3,6,11-12,16-17H,2,4-5,7-9H2. The zero-order chi connectivity index (χ0) is 11.7. The average molecular weight is 234 g/mol. The maximum Gasteiger partial charge on any atom is 0.146 e. The fourth-order valence-electron chi connectivity index (χ4n) is 2.62. The van der Waals surface area contributed by atoms with Gasteiger partial charge in [0.15, 0.2) is 0 Å². The Labute approximate surface area is 102 Å². The fraction of sp³-hybridized carbons (Fsp3) is 0.571. The van der Waals surface area contributed by atoms with Gasteiger partial charge in [-0.05, 0) is 37.3 Å². The van der Waals surface area contributed by atoms with Gasteiger partial charge in [-0.2, -0.15) is 0 Å². The monoisotopic (exact) mass is 234 g/mol. The van der Waals surface area contributed by atoms with E-state index in [-0.39, 0.29) is 5.82 Å². The van der Waals surface area contributed by atoms with Crippen molar-refractivity contribution < 1.29 is 4.39 Å². The van der Waals surface area contributed by atoms with Gasteiger partial charge in [0.1, 0.15) is 5.82 Å². The molecule has 92 valence electrons. The molecule has 0 amide bonds. The Morgan fingerprint density at radius 1 is 1.29 bits per heavy atom. The molecule has 0 aromatic heterocycles. The molecule has 1 aliphatic heterocycles. The van der Waals surface area contributed by atoms with Gasteiger partial charge < -0.3 is 10.6 Å². The van der Waals surface area contributed by atoms with Crippen LogP contribution in [0.5, 0.6) is 0 Å². The number of benzene rings is 1. The van der Waals surface area contributed by atoms with Gasteiger partial charge in [-0.1, -0.05) is 18.6 Å². The SMILES string of the molecule is Fc1cccc2c1NC(CNC1CCC1)CC2. The highest BCUT2D eigenvalue weighted by Crippen LogP contribution is 2.27. The summed E-state index contributed by atoms with van der Waals surface area (Å²) in [7, 11) is 0. The minimum Gasteiger partial charge on any atom is -0.378 e. The average Bonchev–Trinajstić information content (AvgIpc) is 2.28. The van der Waals surface area contributed by atoms with Gasteiger partial charge in [0.25, 0.3) is 0 Å². The van der Waals surface area contributed by atoms with Crippen molar-refractivity contribution in [3.63, 3.8) is 0 Å². The molecule has 1 unspecified atom stereocenters. The summed E-state index contributed by atoms with van der Waals surface area (Å²) in [5.41, 5.74) is 1.84. The van der Waals surface area contributed by atoms with Crippen molar-refractivity contribution in [2.45, 2.75) is 44.2 Å². The number of anilines is 1. The molecule has 0 radical (unpaired) electrons. The Morgan fingerprint density at radius 3 is 2.94 bits per heavy atom. The molecule has 1 fully saturated rings. The number of aryl methyl sites for hydroxylation is 1. The van der Waals surface area contributed by atoms with Crippen LogP contribution in [0.15, 0.2) is 18.2 Å². The third kappa shape index (κ3) is 2.29. The summed E-state index contributed by atoms with van der Waals surface area (Å²) in [6, 6.07) is 6.43. The number of halogens is 1. The number of para-hydroxylation sites is 1. The Hall–Kier alpha value is -1.09. The van der Waals surface area contributed by atoms with E-state index in [9.17, 15) is 4.39 Å². The predicted molar refractivity (Wildman–Crippen MR) is 67.8 cm³/mol. The highest BCUT2D eigenvalue weighted by atomic mass is 19.1. The van der Waals surface area contributed by atoms with E-state index in [1.165, 1.54) is 25.3 Å². The second kappa shape index (κ2) is 4.65. The van der Waals surface area contributed by atoms with Crippen LogP contribution >= 0.6 is 0 Å². The van der Waals surface area contributed by atoms with Crippen LogP contribution in [-0.4, -0.2) is 18.6 Å². The highest BCUT2D eigenvalue weighted by Gasteiger charge is 2.22. The van der Waals surface area contributed by atoms with E-state index in [4.69, 9.17) is 0 Å². The van der Waals surface area contributed by atoms with Crippen LogP contribution in [0.4, 0.5) is 10.1 Å². The van der Waals surface area contributed by atoms with Crippen molar-refractivity contribution in [2.75, 3.05) is 11.9 Å². The van der Waals surface area contributed by atoms with Gasteiger partial charge >= 0.3 is 0 Å². The minimum absolute atomic E-state index is 0.115. The molecular weight excluding hydrogens is 215 g/mol. The normalized spacial score (nSPS) is 23.7. The summed E-state index contributed by atoms with van der Waals surface area (Å²) in [6.07, 6.45) is 6.04. The lowest BCUT2D eigenvalue weighted by Crippen LogP contribution is -2.43. The van der Waals surface area contributed by atoms with Gasteiger partial charge in [-0.15, -0.1) is 0 Å². The first-order chi connectivity index (χ1) is 8.33. The number of rotatable bonds is 3. The van der Waals surface area contributed by atoms with E-state index in [1.807, 2.05) is 6.07 Å². The van der Waals surface area contributed by atoms with Crippen LogP contribution in [0.3, 0.4) is 0 Å². The maximum atomic E-state index is 13.6. The van der Waals surface area contributed by atoms with E-state index >= 15 is 0 Å². The first kappa shape index (κ1) is 11.0. The largest absolute Gasteiger partial charge is 0.378 e. The number of fused-ring (bicyclic) bond motifs is 1. The second-order valence-electron chi connectivity index (χ2n) is 5.19. The Kier molecular flexibility index (Phi) is 3.02. The maximum absolute atomic E-state index is 13.6. The van der Waals surface area contributed by atoms with Gasteiger partial charge in [-0.25, -0.2) is 4.39 Å². The van der Waals surface area contributed by atoms with Crippen molar-refractivity contribution in [1.82, 2.24) is 5.32 Å². The third-order valence-electron chi connectivity index (χ3n) is 3.97. The smallest absolute Gasteiger partial charge is 0.146 e. The molecule has 1 aromatic carbocycles. The Bertz CT molecular complexity index is 401. The Morgan fingerprint density at radius 2 is 2.18 bits per heavy atom. The van der Waals surface area contributed by atoms with E-state index in [0.29, 0.717) is 12.1 Å². The predicted octanol–water partition coefficient (Wildman–Crippen LogP) is 2.69. The van der Waals surface area contributed by atoms with Gasteiger partial charge in [0.2, 0.25) is 0 Å². The quantitative estimate of drug-likeness (QED) is 0.840. The first-order valence-electron chi connectivity index (χ1n) is 6.60. The van der Waals surface area contributed by atoms with Crippen LogP contribution in [0.2, 0.25) is 0 Å². The van der Waals surface area contributed by atoms with Crippen molar-refractivity contribution in [3.8, 4) is 0 Å². The lowest BCUT2D eigenvalue weighted by molar-refractivity contribution is 0.331. The first-order valence-corrected chi connectivity index (χ1v) is 6.60. The highest BCUT2D eigenvalue weighted by molar-refractivity contribution is 5.55.